The SMILES string of the molecule is O=C(N[C@H](Cc1ccccc1)C(=O)Nc1cc(F)ccc1N1CCN(CCN2CCN(C(=O)O)CC2)CC1)c1ccccc1F. The summed E-state index contributed by atoms with van der Waals surface area (Å²) in [6.07, 6.45) is -0.720. The number of rotatable bonds is 10. The Morgan fingerprint density at radius 2 is 1.40 bits per heavy atom. The van der Waals surface area contributed by atoms with E-state index >= 15 is 0 Å². The van der Waals surface area contributed by atoms with Crippen molar-refractivity contribution < 1.29 is 28.3 Å². The number of carbonyl (C=O) groups is 3. The summed E-state index contributed by atoms with van der Waals surface area (Å²) in [6, 6.07) is 18.0. The lowest BCUT2D eigenvalue weighted by molar-refractivity contribution is -0.118. The van der Waals surface area contributed by atoms with Gasteiger partial charge >= 0.3 is 6.09 Å². The third-order valence-electron chi connectivity index (χ3n) is 8.33. The maximum atomic E-state index is 14.5. The average Bonchev–Trinajstić information content (AvgIpc) is 3.04. The molecule has 3 aromatic rings. The molecule has 0 saturated carbocycles. The molecule has 3 aromatic carbocycles. The van der Waals surface area contributed by atoms with Gasteiger partial charge in [0.1, 0.15) is 17.7 Å². The zero-order valence-electron chi connectivity index (χ0n) is 25.0. The fourth-order valence-electron chi connectivity index (χ4n) is 5.70. The zero-order valence-corrected chi connectivity index (χ0v) is 25.0. The fraction of sp³-hybridized carbons (Fsp3) is 0.364. The van der Waals surface area contributed by atoms with E-state index in [0.717, 1.165) is 44.8 Å². The summed E-state index contributed by atoms with van der Waals surface area (Å²) in [5.41, 5.74) is 1.59. The fourth-order valence-corrected chi connectivity index (χ4v) is 5.70. The van der Waals surface area contributed by atoms with Gasteiger partial charge in [0, 0.05) is 71.9 Å². The quantitative estimate of drug-likeness (QED) is 0.319. The van der Waals surface area contributed by atoms with E-state index in [1.807, 2.05) is 30.3 Å². The summed E-state index contributed by atoms with van der Waals surface area (Å²) >= 11 is 0. The summed E-state index contributed by atoms with van der Waals surface area (Å²) in [5.74, 6) is -2.47. The molecule has 0 unspecified atom stereocenters. The van der Waals surface area contributed by atoms with Crippen molar-refractivity contribution in [3.8, 4) is 0 Å². The molecule has 238 valence electrons. The Kier molecular flexibility index (Phi) is 10.6. The molecule has 10 nitrogen and oxygen atoms in total. The minimum atomic E-state index is -1.05. The van der Waals surface area contributed by atoms with Gasteiger partial charge in [-0.3, -0.25) is 19.4 Å². The van der Waals surface area contributed by atoms with E-state index < -0.39 is 35.6 Å². The second-order valence-corrected chi connectivity index (χ2v) is 11.3. The molecule has 2 heterocycles. The summed E-state index contributed by atoms with van der Waals surface area (Å²) in [5, 5.41) is 14.7. The number of anilines is 2. The molecule has 0 aliphatic carbocycles. The van der Waals surface area contributed by atoms with E-state index in [9.17, 15) is 23.2 Å². The second-order valence-electron chi connectivity index (χ2n) is 11.3. The van der Waals surface area contributed by atoms with Gasteiger partial charge in [-0.1, -0.05) is 42.5 Å². The smallest absolute Gasteiger partial charge is 0.407 e. The lowest BCUT2D eigenvalue weighted by atomic mass is 10.0. The van der Waals surface area contributed by atoms with Crippen LogP contribution in [0.15, 0.2) is 72.8 Å². The molecule has 3 N–H and O–H groups in total. The molecule has 2 aliphatic heterocycles. The van der Waals surface area contributed by atoms with Gasteiger partial charge in [0.2, 0.25) is 5.91 Å². The molecular weight excluding hydrogens is 582 g/mol. The Hall–Kier alpha value is -4.55. The van der Waals surface area contributed by atoms with Gasteiger partial charge in [-0.15, -0.1) is 0 Å². The molecule has 2 fully saturated rings. The number of carboxylic acid groups (broad SMARTS) is 1. The van der Waals surface area contributed by atoms with Gasteiger partial charge in [-0.2, -0.15) is 0 Å². The van der Waals surface area contributed by atoms with Crippen LogP contribution in [0.1, 0.15) is 15.9 Å². The van der Waals surface area contributed by atoms with E-state index in [1.165, 1.54) is 35.2 Å². The first-order valence-corrected chi connectivity index (χ1v) is 15.1. The molecular formula is C33H38F2N6O4. The molecule has 1 atom stereocenters. The van der Waals surface area contributed by atoms with Crippen LogP contribution in [0, 0.1) is 11.6 Å². The zero-order chi connectivity index (χ0) is 31.8. The highest BCUT2D eigenvalue weighted by Crippen LogP contribution is 2.28. The van der Waals surface area contributed by atoms with E-state index in [-0.39, 0.29) is 12.0 Å². The van der Waals surface area contributed by atoms with Crippen LogP contribution in [0.25, 0.3) is 0 Å². The van der Waals surface area contributed by atoms with E-state index in [2.05, 4.69) is 25.3 Å². The number of benzene rings is 3. The largest absolute Gasteiger partial charge is 0.465 e. The number of amides is 3. The molecule has 12 heteroatoms. The Balaban J connectivity index is 1.22. The van der Waals surface area contributed by atoms with Crippen LogP contribution in [-0.2, 0) is 11.2 Å². The predicted octanol–water partition coefficient (Wildman–Crippen LogP) is 3.36. The van der Waals surface area contributed by atoms with Crippen molar-refractivity contribution in [3.63, 3.8) is 0 Å². The highest BCUT2D eigenvalue weighted by Gasteiger charge is 2.27. The maximum absolute atomic E-state index is 14.5. The normalized spacial score (nSPS) is 16.7. The molecule has 2 aliphatic rings. The number of nitrogens with zero attached hydrogens (tertiary/aromatic N) is 4. The van der Waals surface area contributed by atoms with Crippen molar-refractivity contribution in [2.45, 2.75) is 12.5 Å². The third-order valence-corrected chi connectivity index (χ3v) is 8.33. The van der Waals surface area contributed by atoms with Crippen LogP contribution in [0.4, 0.5) is 25.0 Å². The summed E-state index contributed by atoms with van der Waals surface area (Å²) < 4.78 is 28.8. The molecule has 2 saturated heterocycles. The van der Waals surface area contributed by atoms with Crippen molar-refractivity contribution in [2.24, 2.45) is 0 Å². The van der Waals surface area contributed by atoms with Crippen LogP contribution >= 0.6 is 0 Å². The topological polar surface area (TPSA) is 108 Å². The number of piperazine rings is 2. The lowest BCUT2D eigenvalue weighted by Gasteiger charge is -2.39. The maximum Gasteiger partial charge on any atom is 0.407 e. The molecule has 0 radical (unpaired) electrons. The van der Waals surface area contributed by atoms with Crippen molar-refractivity contribution >= 4 is 29.3 Å². The minimum Gasteiger partial charge on any atom is -0.465 e. The standard InChI is InChI=1S/C33H38F2N6O4/c34-25-10-11-30(40-18-14-38(15-19-40)12-13-39-16-20-41(21-17-39)33(44)45)28(23-25)36-32(43)29(22-24-6-2-1-3-7-24)37-31(42)26-8-4-5-9-27(26)35/h1-11,23,29H,12-22H2,(H,36,43)(H,37,42)(H,44,45)/t29-/m1/s1. The monoisotopic (exact) mass is 620 g/mol. The van der Waals surface area contributed by atoms with Gasteiger partial charge in [-0.25, -0.2) is 13.6 Å². The van der Waals surface area contributed by atoms with Crippen LogP contribution in [0.3, 0.4) is 0 Å². The predicted molar refractivity (Wildman–Crippen MR) is 168 cm³/mol. The number of carbonyl (C=O) groups excluding carboxylic acids is 2. The lowest BCUT2D eigenvalue weighted by Crippen LogP contribution is -2.52. The first-order valence-electron chi connectivity index (χ1n) is 15.1. The average molecular weight is 621 g/mol. The minimum absolute atomic E-state index is 0.154. The van der Waals surface area contributed by atoms with Gasteiger partial charge < -0.3 is 25.5 Å². The van der Waals surface area contributed by atoms with Crippen LogP contribution in [0.2, 0.25) is 0 Å². The summed E-state index contributed by atoms with van der Waals surface area (Å²) in [6.45, 7) is 7.06. The summed E-state index contributed by atoms with van der Waals surface area (Å²) in [7, 11) is 0. The van der Waals surface area contributed by atoms with E-state index in [0.29, 0.717) is 37.6 Å². The molecule has 0 spiro atoms. The first-order chi connectivity index (χ1) is 21.8. The number of hydrogen-bond acceptors (Lipinski definition) is 6. The van der Waals surface area contributed by atoms with Gasteiger partial charge in [0.05, 0.1) is 16.9 Å². The first kappa shape index (κ1) is 31.9. The summed E-state index contributed by atoms with van der Waals surface area (Å²) in [4.78, 5) is 45.9. The van der Waals surface area contributed by atoms with Crippen molar-refractivity contribution in [2.75, 3.05) is 75.7 Å². The van der Waals surface area contributed by atoms with Crippen molar-refractivity contribution in [1.82, 2.24) is 20.0 Å². The van der Waals surface area contributed by atoms with Crippen LogP contribution < -0.4 is 15.5 Å². The second kappa shape index (κ2) is 15.0. The van der Waals surface area contributed by atoms with Crippen molar-refractivity contribution in [3.05, 3.63) is 95.6 Å². The Morgan fingerprint density at radius 3 is 2.04 bits per heavy atom. The Morgan fingerprint density at radius 1 is 0.778 bits per heavy atom. The number of hydrogen-bond donors (Lipinski definition) is 3. The molecule has 0 aromatic heterocycles. The highest BCUT2D eigenvalue weighted by molar-refractivity contribution is 6.02. The molecule has 5 rings (SSSR count). The molecule has 45 heavy (non-hydrogen) atoms. The van der Waals surface area contributed by atoms with Crippen LogP contribution in [-0.4, -0.2) is 109 Å². The highest BCUT2D eigenvalue weighted by atomic mass is 19.1. The van der Waals surface area contributed by atoms with Crippen molar-refractivity contribution in [1.29, 1.82) is 0 Å². The van der Waals surface area contributed by atoms with Gasteiger partial charge in [0.15, 0.2) is 0 Å². The molecule has 0 bridgehead atoms. The Bertz CT molecular complexity index is 1480. The van der Waals surface area contributed by atoms with E-state index in [4.69, 9.17) is 5.11 Å². The third kappa shape index (κ3) is 8.55. The number of nitrogens with one attached hydrogen (secondary N) is 2. The van der Waals surface area contributed by atoms with E-state index in [1.54, 1.807) is 12.1 Å². The van der Waals surface area contributed by atoms with Gasteiger partial charge in [-0.05, 0) is 35.9 Å². The molecule has 3 amide bonds. The Labute approximate surface area is 261 Å². The van der Waals surface area contributed by atoms with Gasteiger partial charge in [0.25, 0.3) is 5.91 Å². The number of halogens is 2. The van der Waals surface area contributed by atoms with Crippen LogP contribution in [0.5, 0.6) is 0 Å².